The number of aromatic nitrogens is 4. The van der Waals surface area contributed by atoms with Gasteiger partial charge in [-0.25, -0.2) is 14.4 Å². The Hall–Kier alpha value is -4.91. The van der Waals surface area contributed by atoms with E-state index in [0.717, 1.165) is 18.4 Å². The Morgan fingerprint density at radius 2 is 1.86 bits per heavy atom. The predicted octanol–water partition coefficient (Wildman–Crippen LogP) is 3.64. The smallest absolute Gasteiger partial charge is 0.291 e. The minimum atomic E-state index is -0.515. The summed E-state index contributed by atoms with van der Waals surface area (Å²) >= 11 is 0. The number of benzene rings is 2. The van der Waals surface area contributed by atoms with Gasteiger partial charge in [-0.2, -0.15) is 4.98 Å². The summed E-state index contributed by atoms with van der Waals surface area (Å²) in [6.45, 7) is 2.37. The van der Waals surface area contributed by atoms with Crippen LogP contribution in [0.1, 0.15) is 29.0 Å². The van der Waals surface area contributed by atoms with Crippen LogP contribution >= 0.6 is 0 Å². The highest BCUT2D eigenvalue weighted by atomic mass is 19.1. The SMILES string of the molecule is COc1ccc(CNc2cc(-c3c[nH]c(C(=O)Nc4cccc(F)c4N4CCC(CN)CC4)n3)nc(N)n2)cc1OC. The van der Waals surface area contributed by atoms with Gasteiger partial charge in [0.2, 0.25) is 5.95 Å². The topological polar surface area (TPSA) is 169 Å². The van der Waals surface area contributed by atoms with E-state index in [1.807, 2.05) is 23.1 Å². The summed E-state index contributed by atoms with van der Waals surface area (Å²) in [7, 11) is 3.16. The summed E-state index contributed by atoms with van der Waals surface area (Å²) in [6, 6.07) is 11.9. The largest absolute Gasteiger partial charge is 0.493 e. The van der Waals surface area contributed by atoms with Gasteiger partial charge < -0.3 is 41.5 Å². The first-order chi connectivity index (χ1) is 20.4. The van der Waals surface area contributed by atoms with Gasteiger partial charge >= 0.3 is 0 Å². The Balaban J connectivity index is 1.29. The Labute approximate surface area is 242 Å². The zero-order valence-electron chi connectivity index (χ0n) is 23.5. The lowest BCUT2D eigenvalue weighted by molar-refractivity contribution is 0.101. The molecule has 2 aromatic carbocycles. The molecule has 1 saturated heterocycles. The maximum Gasteiger partial charge on any atom is 0.291 e. The molecule has 2 aromatic heterocycles. The number of imidazole rings is 1. The van der Waals surface area contributed by atoms with Crippen LogP contribution in [0.5, 0.6) is 11.5 Å². The second-order valence-corrected chi connectivity index (χ2v) is 9.93. The lowest BCUT2D eigenvalue weighted by Crippen LogP contribution is -2.37. The Morgan fingerprint density at radius 3 is 2.60 bits per heavy atom. The molecule has 0 unspecified atom stereocenters. The van der Waals surface area contributed by atoms with Crippen LogP contribution < -0.4 is 36.5 Å². The van der Waals surface area contributed by atoms with Crippen LogP contribution in [0, 0.1) is 11.7 Å². The van der Waals surface area contributed by atoms with Crippen molar-refractivity contribution in [3.05, 3.63) is 65.9 Å². The van der Waals surface area contributed by atoms with Gasteiger partial charge in [0, 0.05) is 31.9 Å². The van der Waals surface area contributed by atoms with Crippen LogP contribution in [0.15, 0.2) is 48.7 Å². The number of carbonyl (C=O) groups excluding carboxylic acids is 1. The number of nitrogens with one attached hydrogen (secondary N) is 3. The highest BCUT2D eigenvalue weighted by Gasteiger charge is 2.24. The number of amides is 1. The van der Waals surface area contributed by atoms with Gasteiger partial charge in [0.1, 0.15) is 17.3 Å². The van der Waals surface area contributed by atoms with E-state index in [1.54, 1.807) is 38.6 Å². The van der Waals surface area contributed by atoms with Gasteiger partial charge in [0.25, 0.3) is 5.91 Å². The van der Waals surface area contributed by atoms with Crippen LogP contribution in [-0.4, -0.2) is 59.7 Å². The molecule has 13 heteroatoms. The van der Waals surface area contributed by atoms with Crippen molar-refractivity contribution in [1.82, 2.24) is 19.9 Å². The number of halogens is 1. The highest BCUT2D eigenvalue weighted by Crippen LogP contribution is 2.33. The molecule has 42 heavy (non-hydrogen) atoms. The number of anilines is 4. The highest BCUT2D eigenvalue weighted by molar-refractivity contribution is 6.04. The van der Waals surface area contributed by atoms with Crippen molar-refractivity contribution in [3.63, 3.8) is 0 Å². The van der Waals surface area contributed by atoms with Gasteiger partial charge in [-0.1, -0.05) is 12.1 Å². The van der Waals surface area contributed by atoms with Crippen molar-refractivity contribution in [2.24, 2.45) is 11.7 Å². The van der Waals surface area contributed by atoms with E-state index in [1.165, 1.54) is 6.07 Å². The third kappa shape index (κ3) is 6.36. The first-order valence-electron chi connectivity index (χ1n) is 13.6. The average Bonchev–Trinajstić information content (AvgIpc) is 3.51. The van der Waals surface area contributed by atoms with E-state index in [4.69, 9.17) is 20.9 Å². The summed E-state index contributed by atoms with van der Waals surface area (Å²) in [5, 5.41) is 6.03. The molecule has 4 aromatic rings. The summed E-state index contributed by atoms with van der Waals surface area (Å²) in [5.41, 5.74) is 14.3. The van der Waals surface area contributed by atoms with Crippen LogP contribution in [0.4, 0.5) is 27.5 Å². The molecular weight excluding hydrogens is 541 g/mol. The molecule has 0 bridgehead atoms. The fourth-order valence-corrected chi connectivity index (χ4v) is 4.95. The number of methoxy groups -OCH3 is 2. The fraction of sp³-hybridized carbons (Fsp3) is 0.310. The lowest BCUT2D eigenvalue weighted by Gasteiger charge is -2.34. The first-order valence-corrected chi connectivity index (χ1v) is 13.6. The molecule has 5 rings (SSSR count). The monoisotopic (exact) mass is 575 g/mol. The van der Waals surface area contributed by atoms with Gasteiger partial charge in [-0.3, -0.25) is 4.79 Å². The third-order valence-electron chi connectivity index (χ3n) is 7.22. The van der Waals surface area contributed by atoms with Crippen LogP contribution in [0.2, 0.25) is 0 Å². The number of carbonyl (C=O) groups is 1. The molecule has 0 atom stereocenters. The van der Waals surface area contributed by atoms with Crippen molar-refractivity contribution < 1.29 is 18.7 Å². The molecular formula is C29H34FN9O3. The van der Waals surface area contributed by atoms with E-state index < -0.39 is 11.7 Å². The van der Waals surface area contributed by atoms with E-state index in [9.17, 15) is 9.18 Å². The number of hydrogen-bond donors (Lipinski definition) is 5. The molecule has 1 aliphatic heterocycles. The Morgan fingerprint density at radius 1 is 1.07 bits per heavy atom. The van der Waals surface area contributed by atoms with Gasteiger partial charge in [-0.15, -0.1) is 0 Å². The number of para-hydroxylation sites is 1. The zero-order chi connectivity index (χ0) is 29.6. The maximum atomic E-state index is 14.9. The van der Waals surface area contributed by atoms with Crippen molar-refractivity contribution in [2.75, 3.05) is 55.1 Å². The molecule has 0 radical (unpaired) electrons. The van der Waals surface area contributed by atoms with Crippen LogP contribution in [0.25, 0.3) is 11.4 Å². The number of piperidine rings is 1. The molecule has 1 amide bonds. The molecule has 0 spiro atoms. The molecule has 0 aliphatic carbocycles. The fourth-order valence-electron chi connectivity index (χ4n) is 4.95. The van der Waals surface area contributed by atoms with Gasteiger partial charge in [0.05, 0.1) is 31.3 Å². The zero-order valence-corrected chi connectivity index (χ0v) is 23.5. The normalized spacial score (nSPS) is 13.6. The third-order valence-corrected chi connectivity index (χ3v) is 7.22. The number of H-pyrrole nitrogens is 1. The molecule has 7 N–H and O–H groups in total. The van der Waals surface area contributed by atoms with Crippen molar-refractivity contribution in [3.8, 4) is 22.9 Å². The number of nitrogens with two attached hydrogens (primary N) is 2. The van der Waals surface area contributed by atoms with Gasteiger partial charge in [0.15, 0.2) is 17.3 Å². The van der Waals surface area contributed by atoms with E-state index in [-0.39, 0.29) is 11.8 Å². The number of aromatic amines is 1. The number of nitrogens with zero attached hydrogens (tertiary/aromatic N) is 4. The predicted molar refractivity (Wildman–Crippen MR) is 159 cm³/mol. The summed E-state index contributed by atoms with van der Waals surface area (Å²) in [4.78, 5) is 30.9. The van der Waals surface area contributed by atoms with Crippen molar-refractivity contribution in [1.29, 1.82) is 0 Å². The molecule has 1 aliphatic rings. The summed E-state index contributed by atoms with van der Waals surface area (Å²) < 4.78 is 25.6. The average molecular weight is 576 g/mol. The van der Waals surface area contributed by atoms with E-state index >= 15 is 0 Å². The molecule has 12 nitrogen and oxygen atoms in total. The van der Waals surface area contributed by atoms with Gasteiger partial charge in [-0.05, 0) is 55.1 Å². The lowest BCUT2D eigenvalue weighted by atomic mass is 9.96. The Bertz CT molecular complexity index is 1550. The molecule has 1 fully saturated rings. The second-order valence-electron chi connectivity index (χ2n) is 9.93. The maximum absolute atomic E-state index is 14.9. The van der Waals surface area contributed by atoms with Crippen LogP contribution in [-0.2, 0) is 6.54 Å². The molecule has 0 saturated carbocycles. The number of hydrogen-bond acceptors (Lipinski definition) is 10. The minimum Gasteiger partial charge on any atom is -0.493 e. The van der Waals surface area contributed by atoms with Crippen molar-refractivity contribution in [2.45, 2.75) is 19.4 Å². The standard InChI is InChI=1S/C29H34FN9O3/c1-41-23-7-6-18(12-24(23)42-2)15-33-25-13-21(37-29(32)38-25)22-16-34-27(35-22)28(40)36-20-5-3-4-19(30)26(20)39-10-8-17(14-31)9-11-39/h3-7,12-13,16-17H,8-11,14-15,31H2,1-2H3,(H,34,35)(H,36,40)(H3,32,33,37,38). The number of ether oxygens (including phenoxy) is 2. The summed E-state index contributed by atoms with van der Waals surface area (Å²) in [6.07, 6.45) is 3.29. The Kier molecular flexibility index (Phi) is 8.67. The van der Waals surface area contributed by atoms with Crippen molar-refractivity contribution >= 4 is 29.0 Å². The second kappa shape index (κ2) is 12.7. The molecule has 220 valence electrons. The summed E-state index contributed by atoms with van der Waals surface area (Å²) in [5.74, 6) is 1.31. The molecule has 3 heterocycles. The number of nitrogen functional groups attached to an aromatic ring is 1. The van der Waals surface area contributed by atoms with E-state index in [2.05, 4.69) is 30.6 Å². The minimum absolute atomic E-state index is 0.0408. The van der Waals surface area contributed by atoms with E-state index in [0.29, 0.717) is 72.2 Å². The van der Waals surface area contributed by atoms with Crippen LogP contribution in [0.3, 0.4) is 0 Å². The quantitative estimate of drug-likeness (QED) is 0.188. The number of rotatable bonds is 10. The first kappa shape index (κ1) is 28.6.